The van der Waals surface area contributed by atoms with Crippen LogP contribution in [0.3, 0.4) is 0 Å². The number of amides is 1. The lowest BCUT2D eigenvalue weighted by molar-refractivity contribution is -0.120. The Morgan fingerprint density at radius 3 is 2.96 bits per heavy atom. The average molecular weight is 359 g/mol. The number of nitrogens with one attached hydrogen (secondary N) is 1. The van der Waals surface area contributed by atoms with Crippen LogP contribution in [0, 0.1) is 0 Å². The van der Waals surface area contributed by atoms with Gasteiger partial charge in [0.15, 0.2) is 0 Å². The van der Waals surface area contributed by atoms with Crippen LogP contribution in [0.1, 0.15) is 10.4 Å². The van der Waals surface area contributed by atoms with Gasteiger partial charge in [0, 0.05) is 35.3 Å². The molecule has 1 aromatic heterocycles. The van der Waals surface area contributed by atoms with Gasteiger partial charge in [0.05, 0.1) is 33.0 Å². The molecular formula is C18H21N3O3S. The molecule has 1 aliphatic rings. The van der Waals surface area contributed by atoms with Gasteiger partial charge in [-0.1, -0.05) is 6.07 Å². The van der Waals surface area contributed by atoms with Crippen LogP contribution in [-0.2, 0) is 16.0 Å². The van der Waals surface area contributed by atoms with Crippen LogP contribution in [0.2, 0.25) is 0 Å². The highest BCUT2D eigenvalue weighted by atomic mass is 32.1. The Kier molecular flexibility index (Phi) is 6.03. The molecule has 7 heteroatoms. The summed E-state index contributed by atoms with van der Waals surface area (Å²) in [5, 5.41) is 5.99. The molecule has 0 unspecified atom stereocenters. The summed E-state index contributed by atoms with van der Waals surface area (Å²) in [6.45, 7) is 3.22. The standard InChI is InChI=1S/C18H21N3O3S/c1-23-17-11-15(21-6-8-24-9-7-21)5-4-14(17)13-19-20-18(22)12-16-3-2-10-25-16/h2-5,10-11,13H,6-9,12H2,1H3,(H,20,22)/b19-13-. The van der Waals surface area contributed by atoms with E-state index < -0.39 is 0 Å². The molecule has 1 amide bonds. The molecule has 0 spiro atoms. The Morgan fingerprint density at radius 1 is 1.40 bits per heavy atom. The summed E-state index contributed by atoms with van der Waals surface area (Å²) >= 11 is 1.56. The van der Waals surface area contributed by atoms with Crippen molar-refractivity contribution in [2.24, 2.45) is 5.10 Å². The molecule has 0 aliphatic carbocycles. The number of rotatable bonds is 6. The first-order chi connectivity index (χ1) is 12.3. The third kappa shape index (κ3) is 4.80. The first-order valence-electron chi connectivity index (χ1n) is 8.11. The Balaban J connectivity index is 1.62. The van der Waals surface area contributed by atoms with Crippen LogP contribution in [0.5, 0.6) is 5.75 Å². The second-order valence-corrected chi connectivity index (χ2v) is 6.61. The predicted molar refractivity (Wildman–Crippen MR) is 99.8 cm³/mol. The van der Waals surface area contributed by atoms with Gasteiger partial charge in [-0.2, -0.15) is 5.10 Å². The smallest absolute Gasteiger partial charge is 0.245 e. The number of nitrogens with zero attached hydrogens (tertiary/aromatic N) is 2. The summed E-state index contributed by atoms with van der Waals surface area (Å²) in [4.78, 5) is 15.1. The van der Waals surface area contributed by atoms with Gasteiger partial charge in [-0.25, -0.2) is 5.43 Å². The number of benzene rings is 1. The van der Waals surface area contributed by atoms with Crippen molar-refractivity contribution in [3.8, 4) is 5.75 Å². The van der Waals surface area contributed by atoms with E-state index in [1.165, 1.54) is 0 Å². The van der Waals surface area contributed by atoms with E-state index in [-0.39, 0.29) is 5.91 Å². The van der Waals surface area contributed by atoms with Crippen molar-refractivity contribution < 1.29 is 14.3 Å². The molecule has 0 radical (unpaired) electrons. The molecule has 0 saturated carbocycles. The molecule has 0 bridgehead atoms. The lowest BCUT2D eigenvalue weighted by Crippen LogP contribution is -2.36. The third-order valence-electron chi connectivity index (χ3n) is 3.90. The summed E-state index contributed by atoms with van der Waals surface area (Å²) in [5.41, 5.74) is 4.47. The highest BCUT2D eigenvalue weighted by Gasteiger charge is 2.13. The third-order valence-corrected chi connectivity index (χ3v) is 4.78. The molecule has 6 nitrogen and oxygen atoms in total. The molecule has 132 valence electrons. The zero-order chi connectivity index (χ0) is 17.5. The van der Waals surface area contributed by atoms with E-state index in [2.05, 4.69) is 15.4 Å². The minimum absolute atomic E-state index is 0.136. The maximum absolute atomic E-state index is 11.8. The number of thiophene rings is 1. The Hall–Kier alpha value is -2.38. The van der Waals surface area contributed by atoms with Crippen LogP contribution < -0.4 is 15.1 Å². The molecule has 1 aromatic carbocycles. The van der Waals surface area contributed by atoms with Crippen molar-refractivity contribution in [3.05, 3.63) is 46.2 Å². The molecule has 2 heterocycles. The normalized spacial score (nSPS) is 14.7. The largest absolute Gasteiger partial charge is 0.496 e. The number of anilines is 1. The van der Waals surface area contributed by atoms with Crippen molar-refractivity contribution in [1.29, 1.82) is 0 Å². The van der Waals surface area contributed by atoms with Gasteiger partial charge in [0.25, 0.3) is 0 Å². The fourth-order valence-electron chi connectivity index (χ4n) is 2.61. The van der Waals surface area contributed by atoms with E-state index in [0.29, 0.717) is 6.42 Å². The fraction of sp³-hybridized carbons (Fsp3) is 0.333. The second kappa shape index (κ2) is 8.64. The zero-order valence-electron chi connectivity index (χ0n) is 14.1. The van der Waals surface area contributed by atoms with Crippen molar-refractivity contribution in [2.45, 2.75) is 6.42 Å². The van der Waals surface area contributed by atoms with Crippen LogP contribution >= 0.6 is 11.3 Å². The maximum atomic E-state index is 11.8. The van der Waals surface area contributed by atoms with Gasteiger partial charge >= 0.3 is 0 Å². The van der Waals surface area contributed by atoms with E-state index in [9.17, 15) is 4.79 Å². The SMILES string of the molecule is COc1cc(N2CCOCC2)ccc1/C=N\NC(=O)Cc1cccs1. The van der Waals surface area contributed by atoms with Gasteiger partial charge in [-0.3, -0.25) is 4.79 Å². The zero-order valence-corrected chi connectivity index (χ0v) is 14.9. The summed E-state index contributed by atoms with van der Waals surface area (Å²) in [6, 6.07) is 9.82. The molecule has 1 saturated heterocycles. The summed E-state index contributed by atoms with van der Waals surface area (Å²) in [7, 11) is 1.63. The minimum Gasteiger partial charge on any atom is -0.496 e. The van der Waals surface area contributed by atoms with E-state index >= 15 is 0 Å². The molecule has 0 atom stereocenters. The summed E-state index contributed by atoms with van der Waals surface area (Å²) in [6.07, 6.45) is 1.94. The van der Waals surface area contributed by atoms with E-state index in [1.54, 1.807) is 24.7 Å². The van der Waals surface area contributed by atoms with Gasteiger partial charge in [-0.05, 0) is 23.6 Å². The Morgan fingerprint density at radius 2 is 2.24 bits per heavy atom. The second-order valence-electron chi connectivity index (χ2n) is 5.57. The highest BCUT2D eigenvalue weighted by Crippen LogP contribution is 2.25. The Bertz CT molecular complexity index is 725. The number of hydrogen-bond acceptors (Lipinski definition) is 6. The van der Waals surface area contributed by atoms with Crippen molar-refractivity contribution in [2.75, 3.05) is 38.3 Å². The van der Waals surface area contributed by atoms with Gasteiger partial charge in [0.1, 0.15) is 5.75 Å². The number of carbonyl (C=O) groups is 1. The first-order valence-corrected chi connectivity index (χ1v) is 8.99. The van der Waals surface area contributed by atoms with Crippen LogP contribution in [0.25, 0.3) is 0 Å². The topological polar surface area (TPSA) is 63.2 Å². The number of carbonyl (C=O) groups excluding carboxylic acids is 1. The van der Waals surface area contributed by atoms with Gasteiger partial charge < -0.3 is 14.4 Å². The van der Waals surface area contributed by atoms with Crippen molar-refractivity contribution >= 4 is 29.1 Å². The van der Waals surface area contributed by atoms with Crippen molar-refractivity contribution in [1.82, 2.24) is 5.43 Å². The Labute approximate surface area is 151 Å². The summed E-state index contributed by atoms with van der Waals surface area (Å²) in [5.74, 6) is 0.586. The molecule has 1 fully saturated rings. The molecule has 1 aliphatic heterocycles. The molecule has 3 rings (SSSR count). The minimum atomic E-state index is -0.136. The highest BCUT2D eigenvalue weighted by molar-refractivity contribution is 7.10. The number of hydrazone groups is 1. The predicted octanol–water partition coefficient (Wildman–Crippen LogP) is 2.29. The number of ether oxygens (including phenoxy) is 2. The van der Waals surface area contributed by atoms with Crippen LogP contribution in [0.4, 0.5) is 5.69 Å². The van der Waals surface area contributed by atoms with Crippen LogP contribution in [-0.4, -0.2) is 45.5 Å². The lowest BCUT2D eigenvalue weighted by atomic mass is 10.1. The average Bonchev–Trinajstić information content (AvgIpc) is 3.15. The fourth-order valence-corrected chi connectivity index (χ4v) is 3.31. The van der Waals surface area contributed by atoms with Crippen molar-refractivity contribution in [3.63, 3.8) is 0 Å². The van der Waals surface area contributed by atoms with E-state index in [4.69, 9.17) is 9.47 Å². The van der Waals surface area contributed by atoms with E-state index in [0.717, 1.165) is 48.2 Å². The lowest BCUT2D eigenvalue weighted by Gasteiger charge is -2.29. The monoisotopic (exact) mass is 359 g/mol. The molecule has 2 aromatic rings. The quantitative estimate of drug-likeness (QED) is 0.635. The molecule has 25 heavy (non-hydrogen) atoms. The first kappa shape index (κ1) is 17.4. The number of methoxy groups -OCH3 is 1. The van der Waals surface area contributed by atoms with Gasteiger partial charge in [0.2, 0.25) is 5.91 Å². The van der Waals surface area contributed by atoms with Crippen LogP contribution in [0.15, 0.2) is 40.8 Å². The maximum Gasteiger partial charge on any atom is 0.245 e. The number of morpholine rings is 1. The molecule has 1 N–H and O–H groups in total. The van der Waals surface area contributed by atoms with E-state index in [1.807, 2.05) is 35.7 Å². The number of hydrogen-bond donors (Lipinski definition) is 1. The van der Waals surface area contributed by atoms with Gasteiger partial charge in [-0.15, -0.1) is 11.3 Å². The molecular weight excluding hydrogens is 338 g/mol. The summed E-state index contributed by atoms with van der Waals surface area (Å²) < 4.78 is 10.8.